The Bertz CT molecular complexity index is 996. The lowest BCUT2D eigenvalue weighted by molar-refractivity contribution is -0.134. The summed E-state index contributed by atoms with van der Waals surface area (Å²) in [6.07, 6.45) is 1.55. The number of nitrogens with zero attached hydrogens (tertiary/aromatic N) is 4. The molecule has 3 atom stereocenters. The number of anilines is 1. The van der Waals surface area contributed by atoms with Crippen LogP contribution in [0.15, 0.2) is 36.5 Å². The van der Waals surface area contributed by atoms with E-state index in [1.807, 2.05) is 37.9 Å². The van der Waals surface area contributed by atoms with Crippen LogP contribution >= 0.6 is 0 Å². The van der Waals surface area contributed by atoms with Gasteiger partial charge in [0, 0.05) is 50.5 Å². The monoisotopic (exact) mass is 469 g/mol. The van der Waals surface area contributed by atoms with E-state index in [4.69, 9.17) is 5.73 Å². The Morgan fingerprint density at radius 2 is 1.71 bits per heavy atom. The van der Waals surface area contributed by atoms with E-state index in [2.05, 4.69) is 20.6 Å². The highest BCUT2D eigenvalue weighted by Gasteiger charge is 2.28. The molecule has 1 aliphatic rings. The lowest BCUT2D eigenvalue weighted by Gasteiger charge is -2.35. The predicted octanol–water partition coefficient (Wildman–Crippen LogP) is 0.865. The van der Waals surface area contributed by atoms with E-state index < -0.39 is 12.1 Å². The van der Waals surface area contributed by atoms with Crippen molar-refractivity contribution in [3.8, 4) is 0 Å². The number of aryl methyl sites for hydroxylation is 1. The molecule has 0 spiro atoms. The van der Waals surface area contributed by atoms with Crippen molar-refractivity contribution in [2.75, 3.05) is 38.5 Å². The molecule has 4 N–H and O–H groups in total. The number of hydrogen-bond acceptors (Lipinski definition) is 6. The van der Waals surface area contributed by atoms with E-state index in [0.717, 1.165) is 18.7 Å². The number of carbonyl (C=O) groups is 3. The molecule has 3 amide bonds. The van der Waals surface area contributed by atoms with Crippen LogP contribution in [0.1, 0.15) is 42.7 Å². The summed E-state index contributed by atoms with van der Waals surface area (Å²) in [5.41, 5.74) is 8.22. The molecule has 0 saturated carbocycles. The van der Waals surface area contributed by atoms with E-state index >= 15 is 0 Å². The molecule has 10 nitrogen and oxygen atoms in total. The molecule has 0 unspecified atom stereocenters. The van der Waals surface area contributed by atoms with Gasteiger partial charge in [-0.05, 0) is 44.7 Å². The van der Waals surface area contributed by atoms with Gasteiger partial charge in [-0.15, -0.1) is 0 Å². The van der Waals surface area contributed by atoms with E-state index in [0.29, 0.717) is 31.0 Å². The summed E-state index contributed by atoms with van der Waals surface area (Å²) in [5, 5.41) is 9.57. The zero-order valence-corrected chi connectivity index (χ0v) is 20.3. The summed E-state index contributed by atoms with van der Waals surface area (Å²) in [5.74, 6) is -0.894. The molecular formula is C24H35N7O3. The van der Waals surface area contributed by atoms with Gasteiger partial charge in [0.25, 0.3) is 5.91 Å². The molecule has 1 aliphatic heterocycles. The summed E-state index contributed by atoms with van der Waals surface area (Å²) in [6.45, 7) is 9.09. The van der Waals surface area contributed by atoms with Gasteiger partial charge in [0.2, 0.25) is 11.8 Å². The second-order valence-corrected chi connectivity index (χ2v) is 8.78. The number of likely N-dealkylation sites (N-methyl/N-ethyl adjacent to an activating group) is 1. The first-order chi connectivity index (χ1) is 16.2. The van der Waals surface area contributed by atoms with Crippen LogP contribution in [0.3, 0.4) is 0 Å². The van der Waals surface area contributed by atoms with E-state index in [1.165, 1.54) is 0 Å². The number of hydrogen-bond donors (Lipinski definition) is 3. The first-order valence-corrected chi connectivity index (χ1v) is 11.7. The Morgan fingerprint density at radius 1 is 1.06 bits per heavy atom. The van der Waals surface area contributed by atoms with Crippen molar-refractivity contribution in [1.82, 2.24) is 24.9 Å². The van der Waals surface area contributed by atoms with Crippen LogP contribution in [0.4, 0.5) is 5.69 Å². The van der Waals surface area contributed by atoms with Crippen molar-refractivity contribution in [3.63, 3.8) is 0 Å². The number of nitrogens with two attached hydrogens (primary N) is 1. The van der Waals surface area contributed by atoms with Gasteiger partial charge in [0.15, 0.2) is 0 Å². The van der Waals surface area contributed by atoms with Crippen LogP contribution < -0.4 is 16.4 Å². The molecule has 2 heterocycles. The first-order valence-electron chi connectivity index (χ1n) is 11.7. The predicted molar refractivity (Wildman–Crippen MR) is 130 cm³/mol. The first kappa shape index (κ1) is 25.4. The molecule has 0 radical (unpaired) electrons. The standard InChI is InChI=1S/C24H35N7O3/c1-5-31-20(10-11-26-31)23(33)27-17(3)22(32)28-19-8-6-18(7-9-19)16(2)21(25)24(34)30-14-12-29(4)13-15-30/h6-11,16-17,21H,5,12-15,25H2,1-4H3,(H,27,33)(H,28,32)/t16-,17-,21+/m0/s1. The van der Waals surface area contributed by atoms with Crippen molar-refractivity contribution < 1.29 is 14.4 Å². The van der Waals surface area contributed by atoms with Gasteiger partial charge in [-0.2, -0.15) is 5.10 Å². The Hall–Kier alpha value is -3.24. The molecule has 34 heavy (non-hydrogen) atoms. The Labute approximate surface area is 200 Å². The number of carbonyl (C=O) groups excluding carboxylic acids is 3. The molecule has 1 aromatic carbocycles. The van der Waals surface area contributed by atoms with Crippen LogP contribution in [0.2, 0.25) is 0 Å². The molecule has 1 aromatic heterocycles. The van der Waals surface area contributed by atoms with Crippen LogP contribution in [0.5, 0.6) is 0 Å². The van der Waals surface area contributed by atoms with Gasteiger partial charge in [0.1, 0.15) is 11.7 Å². The maximum absolute atomic E-state index is 12.8. The van der Waals surface area contributed by atoms with Gasteiger partial charge >= 0.3 is 0 Å². The van der Waals surface area contributed by atoms with Crippen molar-refractivity contribution in [2.45, 2.75) is 45.3 Å². The molecule has 1 fully saturated rings. The minimum absolute atomic E-state index is 0.0352. The smallest absolute Gasteiger partial charge is 0.270 e. The maximum Gasteiger partial charge on any atom is 0.270 e. The van der Waals surface area contributed by atoms with E-state index in [-0.39, 0.29) is 23.6 Å². The van der Waals surface area contributed by atoms with E-state index in [9.17, 15) is 14.4 Å². The fourth-order valence-electron chi connectivity index (χ4n) is 3.89. The maximum atomic E-state index is 12.8. The third-order valence-corrected chi connectivity index (χ3v) is 6.33. The van der Waals surface area contributed by atoms with E-state index in [1.54, 1.807) is 36.0 Å². The van der Waals surface area contributed by atoms with Crippen LogP contribution in [0, 0.1) is 0 Å². The summed E-state index contributed by atoms with van der Waals surface area (Å²) in [6, 6.07) is 7.52. The lowest BCUT2D eigenvalue weighted by Crippen LogP contribution is -2.53. The quantitative estimate of drug-likeness (QED) is 0.527. The summed E-state index contributed by atoms with van der Waals surface area (Å²) >= 11 is 0. The number of aromatic nitrogens is 2. The average Bonchev–Trinajstić information content (AvgIpc) is 3.33. The second kappa shape index (κ2) is 11.3. The zero-order valence-electron chi connectivity index (χ0n) is 20.3. The fourth-order valence-corrected chi connectivity index (χ4v) is 3.89. The zero-order chi connectivity index (χ0) is 24.8. The van der Waals surface area contributed by atoms with Crippen molar-refractivity contribution in [2.24, 2.45) is 5.73 Å². The van der Waals surface area contributed by atoms with Crippen molar-refractivity contribution in [3.05, 3.63) is 47.8 Å². The normalized spacial score (nSPS) is 17.0. The molecule has 10 heteroatoms. The van der Waals surface area contributed by atoms with Crippen molar-refractivity contribution in [1.29, 1.82) is 0 Å². The second-order valence-electron chi connectivity index (χ2n) is 8.78. The largest absolute Gasteiger partial charge is 0.339 e. The molecule has 184 valence electrons. The summed E-state index contributed by atoms with van der Waals surface area (Å²) < 4.78 is 1.57. The fraction of sp³-hybridized carbons (Fsp3) is 0.500. The Morgan fingerprint density at radius 3 is 2.32 bits per heavy atom. The number of benzene rings is 1. The van der Waals surface area contributed by atoms with Gasteiger partial charge in [0.05, 0.1) is 6.04 Å². The SMILES string of the molecule is CCn1nccc1C(=O)N[C@@H](C)C(=O)Nc1ccc([C@H](C)[C@@H](N)C(=O)N2CCN(C)CC2)cc1. The molecule has 0 aliphatic carbocycles. The Kier molecular flexibility index (Phi) is 8.41. The topological polar surface area (TPSA) is 126 Å². The van der Waals surface area contributed by atoms with Gasteiger partial charge in [-0.25, -0.2) is 0 Å². The molecule has 3 rings (SSSR count). The van der Waals surface area contributed by atoms with Crippen molar-refractivity contribution >= 4 is 23.4 Å². The molecule has 2 aromatic rings. The Balaban J connectivity index is 1.54. The third kappa shape index (κ3) is 6.00. The molecule has 0 bridgehead atoms. The van der Waals surface area contributed by atoms with Crippen LogP contribution in [-0.2, 0) is 16.1 Å². The van der Waals surface area contributed by atoms with Gasteiger partial charge in [-0.1, -0.05) is 19.1 Å². The minimum atomic E-state index is -0.735. The number of piperazine rings is 1. The molecule has 1 saturated heterocycles. The number of amides is 3. The lowest BCUT2D eigenvalue weighted by atomic mass is 9.92. The van der Waals surface area contributed by atoms with Gasteiger partial charge in [-0.3, -0.25) is 19.1 Å². The highest BCUT2D eigenvalue weighted by molar-refractivity contribution is 6.00. The van der Waals surface area contributed by atoms with Gasteiger partial charge < -0.3 is 26.2 Å². The van der Waals surface area contributed by atoms with Crippen LogP contribution in [-0.4, -0.2) is 82.6 Å². The van der Waals surface area contributed by atoms with Crippen LogP contribution in [0.25, 0.3) is 0 Å². The third-order valence-electron chi connectivity index (χ3n) is 6.33. The number of nitrogens with one attached hydrogen (secondary N) is 2. The molecular weight excluding hydrogens is 434 g/mol. The highest BCUT2D eigenvalue weighted by atomic mass is 16.2. The summed E-state index contributed by atoms with van der Waals surface area (Å²) in [4.78, 5) is 41.8. The highest BCUT2D eigenvalue weighted by Crippen LogP contribution is 2.22. The number of rotatable bonds is 8. The minimum Gasteiger partial charge on any atom is -0.339 e. The summed E-state index contributed by atoms with van der Waals surface area (Å²) in [7, 11) is 2.04. The average molecular weight is 470 g/mol.